The van der Waals surface area contributed by atoms with Gasteiger partial charge in [-0.3, -0.25) is 9.78 Å². The molecule has 3 aromatic rings. The topological polar surface area (TPSA) is 80.0 Å². The normalized spacial score (nSPS) is 10.6. The van der Waals surface area contributed by atoms with Crippen LogP contribution >= 0.6 is 23.2 Å². The molecule has 0 atom stereocenters. The number of hydrogen-bond acceptors (Lipinski definition) is 5. The lowest BCUT2D eigenvalue weighted by Crippen LogP contribution is -2.13. The van der Waals surface area contributed by atoms with Gasteiger partial charge >= 0.3 is 0 Å². The third-order valence-corrected chi connectivity index (χ3v) is 4.20. The van der Waals surface area contributed by atoms with Crippen LogP contribution in [0.2, 0.25) is 10.0 Å². The van der Waals surface area contributed by atoms with E-state index >= 15 is 0 Å². The molecule has 8 heteroatoms. The first kappa shape index (κ1) is 18.2. The average Bonchev–Trinajstić information content (AvgIpc) is 3.02. The maximum atomic E-state index is 12.3. The van der Waals surface area contributed by atoms with Crippen LogP contribution in [-0.2, 0) is 6.42 Å². The number of amides is 1. The zero-order chi connectivity index (χ0) is 18.5. The standard InChI is InChI=1S/C18H16Cl2N4O2/c1-11-6-17(24-26-11)23-18(25)13-7-15(10-21-9-13)22-5-4-12-2-3-14(19)8-16(12)20/h2-3,6-10,22H,4-5H2,1H3,(H,23,24,25). The maximum Gasteiger partial charge on any atom is 0.258 e. The van der Waals surface area contributed by atoms with Crippen LogP contribution < -0.4 is 10.6 Å². The molecule has 0 saturated heterocycles. The first-order valence-corrected chi connectivity index (χ1v) is 8.64. The Hall–Kier alpha value is -2.57. The molecule has 1 amide bonds. The third kappa shape index (κ3) is 4.74. The largest absolute Gasteiger partial charge is 0.383 e. The predicted molar refractivity (Wildman–Crippen MR) is 102 cm³/mol. The fourth-order valence-electron chi connectivity index (χ4n) is 2.34. The van der Waals surface area contributed by atoms with Crippen molar-refractivity contribution in [1.29, 1.82) is 0 Å². The summed E-state index contributed by atoms with van der Waals surface area (Å²) < 4.78 is 4.93. The number of carbonyl (C=O) groups is 1. The van der Waals surface area contributed by atoms with E-state index in [0.29, 0.717) is 40.2 Å². The minimum atomic E-state index is -0.310. The summed E-state index contributed by atoms with van der Waals surface area (Å²) >= 11 is 12.1. The molecule has 0 spiro atoms. The number of pyridine rings is 1. The summed E-state index contributed by atoms with van der Waals surface area (Å²) in [4.78, 5) is 16.4. The number of anilines is 2. The van der Waals surface area contributed by atoms with E-state index in [2.05, 4.69) is 20.8 Å². The summed E-state index contributed by atoms with van der Waals surface area (Å²) in [6, 6.07) is 8.79. The minimum Gasteiger partial charge on any atom is -0.383 e. The van der Waals surface area contributed by atoms with E-state index in [1.54, 1.807) is 37.4 Å². The van der Waals surface area contributed by atoms with Gasteiger partial charge in [0.25, 0.3) is 5.91 Å². The van der Waals surface area contributed by atoms with Gasteiger partial charge in [0.2, 0.25) is 0 Å². The summed E-state index contributed by atoms with van der Waals surface area (Å²) in [5.41, 5.74) is 2.14. The van der Waals surface area contributed by atoms with Gasteiger partial charge < -0.3 is 15.2 Å². The van der Waals surface area contributed by atoms with E-state index in [4.69, 9.17) is 27.7 Å². The Morgan fingerprint density at radius 1 is 1.19 bits per heavy atom. The zero-order valence-electron chi connectivity index (χ0n) is 13.9. The first-order valence-electron chi connectivity index (χ1n) is 7.89. The highest BCUT2D eigenvalue weighted by Crippen LogP contribution is 2.21. The molecule has 3 rings (SSSR count). The second kappa shape index (κ2) is 8.21. The van der Waals surface area contributed by atoms with Crippen molar-refractivity contribution in [3.8, 4) is 0 Å². The van der Waals surface area contributed by atoms with Crippen molar-refractivity contribution in [3.05, 3.63) is 69.7 Å². The van der Waals surface area contributed by atoms with E-state index in [1.165, 1.54) is 6.20 Å². The molecule has 6 nitrogen and oxygen atoms in total. The highest BCUT2D eigenvalue weighted by molar-refractivity contribution is 6.35. The molecule has 0 bridgehead atoms. The van der Waals surface area contributed by atoms with Gasteiger partial charge in [-0.2, -0.15) is 0 Å². The zero-order valence-corrected chi connectivity index (χ0v) is 15.4. The van der Waals surface area contributed by atoms with Crippen molar-refractivity contribution in [3.63, 3.8) is 0 Å². The summed E-state index contributed by atoms with van der Waals surface area (Å²) in [7, 11) is 0. The van der Waals surface area contributed by atoms with Crippen LogP contribution in [0.15, 0.2) is 47.2 Å². The Morgan fingerprint density at radius 3 is 2.77 bits per heavy atom. The number of benzene rings is 1. The van der Waals surface area contributed by atoms with Gasteiger partial charge in [-0.25, -0.2) is 0 Å². The number of aryl methyl sites for hydroxylation is 1. The van der Waals surface area contributed by atoms with Crippen molar-refractivity contribution in [2.45, 2.75) is 13.3 Å². The number of nitrogens with zero attached hydrogens (tertiary/aromatic N) is 2. The number of nitrogens with one attached hydrogen (secondary N) is 2. The quantitative estimate of drug-likeness (QED) is 0.643. The molecule has 2 aromatic heterocycles. The van der Waals surface area contributed by atoms with Crippen LogP contribution in [0.4, 0.5) is 11.5 Å². The van der Waals surface area contributed by atoms with Gasteiger partial charge in [0.05, 0.1) is 11.3 Å². The van der Waals surface area contributed by atoms with E-state index < -0.39 is 0 Å². The summed E-state index contributed by atoms with van der Waals surface area (Å²) in [6.45, 7) is 2.39. The molecule has 2 N–H and O–H groups in total. The van der Waals surface area contributed by atoms with E-state index in [9.17, 15) is 4.79 Å². The average molecular weight is 391 g/mol. The smallest absolute Gasteiger partial charge is 0.258 e. The number of hydrogen-bond donors (Lipinski definition) is 2. The maximum absolute atomic E-state index is 12.3. The summed E-state index contributed by atoms with van der Waals surface area (Å²) in [5.74, 6) is 0.674. The Labute approximate surface area is 160 Å². The monoisotopic (exact) mass is 390 g/mol. The van der Waals surface area contributed by atoms with Crippen LogP contribution in [0.25, 0.3) is 0 Å². The molecular weight excluding hydrogens is 375 g/mol. The molecule has 0 radical (unpaired) electrons. The second-order valence-corrected chi connectivity index (χ2v) is 6.50. The number of halogens is 2. The van der Waals surface area contributed by atoms with Crippen molar-refractivity contribution < 1.29 is 9.32 Å². The molecule has 0 unspecified atom stereocenters. The van der Waals surface area contributed by atoms with E-state index in [0.717, 1.165) is 11.3 Å². The van der Waals surface area contributed by atoms with Crippen LogP contribution in [-0.4, -0.2) is 22.6 Å². The van der Waals surface area contributed by atoms with Crippen molar-refractivity contribution in [2.24, 2.45) is 0 Å². The molecule has 2 heterocycles. The van der Waals surface area contributed by atoms with Crippen molar-refractivity contribution in [1.82, 2.24) is 10.1 Å². The minimum absolute atomic E-state index is 0.310. The van der Waals surface area contributed by atoms with Crippen LogP contribution in [0.1, 0.15) is 21.7 Å². The molecule has 0 aliphatic rings. The van der Waals surface area contributed by atoms with Gasteiger partial charge in [0.1, 0.15) is 5.76 Å². The van der Waals surface area contributed by atoms with Gasteiger partial charge in [-0.05, 0) is 37.1 Å². The highest BCUT2D eigenvalue weighted by Gasteiger charge is 2.10. The molecule has 26 heavy (non-hydrogen) atoms. The Bertz CT molecular complexity index is 927. The molecule has 0 saturated carbocycles. The number of carbonyl (C=O) groups excluding carboxylic acids is 1. The third-order valence-electron chi connectivity index (χ3n) is 3.61. The van der Waals surface area contributed by atoms with Gasteiger partial charge in [0, 0.05) is 35.1 Å². The second-order valence-electron chi connectivity index (χ2n) is 5.65. The van der Waals surface area contributed by atoms with Crippen LogP contribution in [0.5, 0.6) is 0 Å². The van der Waals surface area contributed by atoms with Crippen LogP contribution in [0, 0.1) is 6.92 Å². The molecule has 1 aromatic carbocycles. The Balaban J connectivity index is 1.59. The lowest BCUT2D eigenvalue weighted by atomic mass is 10.1. The molecule has 0 aliphatic carbocycles. The fourth-order valence-corrected chi connectivity index (χ4v) is 2.84. The highest BCUT2D eigenvalue weighted by atomic mass is 35.5. The van der Waals surface area contributed by atoms with Crippen LogP contribution in [0.3, 0.4) is 0 Å². The summed E-state index contributed by atoms with van der Waals surface area (Å²) in [5, 5.41) is 10.9. The van der Waals surface area contributed by atoms with E-state index in [1.807, 2.05) is 6.07 Å². The van der Waals surface area contributed by atoms with Gasteiger partial charge in [0.15, 0.2) is 5.82 Å². The Morgan fingerprint density at radius 2 is 2.04 bits per heavy atom. The molecule has 0 aliphatic heterocycles. The van der Waals surface area contributed by atoms with Crippen molar-refractivity contribution >= 4 is 40.6 Å². The fraction of sp³-hybridized carbons (Fsp3) is 0.167. The first-order chi connectivity index (χ1) is 12.5. The van der Waals surface area contributed by atoms with E-state index in [-0.39, 0.29) is 5.91 Å². The Kier molecular flexibility index (Phi) is 5.75. The SMILES string of the molecule is Cc1cc(NC(=O)c2cncc(NCCc3ccc(Cl)cc3Cl)c2)no1. The lowest BCUT2D eigenvalue weighted by Gasteiger charge is -2.09. The predicted octanol–water partition coefficient (Wildman–Crippen LogP) is 4.59. The molecule has 134 valence electrons. The number of rotatable bonds is 6. The molecular formula is C18H16Cl2N4O2. The van der Waals surface area contributed by atoms with Crippen molar-refractivity contribution in [2.75, 3.05) is 17.2 Å². The number of aromatic nitrogens is 2. The van der Waals surface area contributed by atoms with Gasteiger partial charge in [-0.1, -0.05) is 34.4 Å². The van der Waals surface area contributed by atoms with Gasteiger partial charge in [-0.15, -0.1) is 0 Å². The summed E-state index contributed by atoms with van der Waals surface area (Å²) in [6.07, 6.45) is 3.86. The lowest BCUT2D eigenvalue weighted by molar-refractivity contribution is 0.102. The molecule has 0 fully saturated rings.